The summed E-state index contributed by atoms with van der Waals surface area (Å²) in [6.45, 7) is 2.67. The van der Waals surface area contributed by atoms with Gasteiger partial charge in [0.15, 0.2) is 0 Å². The lowest BCUT2D eigenvalue weighted by Crippen LogP contribution is -2.42. The molecule has 0 aliphatic carbocycles. The van der Waals surface area contributed by atoms with Gasteiger partial charge in [-0.1, -0.05) is 35.3 Å². The van der Waals surface area contributed by atoms with E-state index in [0.29, 0.717) is 48.3 Å². The van der Waals surface area contributed by atoms with E-state index in [1.807, 2.05) is 18.2 Å². The molecule has 0 saturated carbocycles. The van der Waals surface area contributed by atoms with Gasteiger partial charge in [0.2, 0.25) is 0 Å². The van der Waals surface area contributed by atoms with Gasteiger partial charge in [0.1, 0.15) is 0 Å². The maximum Gasteiger partial charge on any atom is 0.317 e. The van der Waals surface area contributed by atoms with Crippen LogP contribution >= 0.6 is 23.2 Å². The summed E-state index contributed by atoms with van der Waals surface area (Å²) >= 11 is 11.8. The van der Waals surface area contributed by atoms with Gasteiger partial charge in [-0.15, -0.1) is 0 Å². The maximum absolute atomic E-state index is 12.6. The quantitative estimate of drug-likeness (QED) is 0.836. The van der Waals surface area contributed by atoms with E-state index in [0.717, 1.165) is 12.0 Å². The van der Waals surface area contributed by atoms with Crippen LogP contribution in [-0.2, 0) is 6.54 Å². The fraction of sp³-hybridized carbons (Fsp3) is 0.300. The van der Waals surface area contributed by atoms with Gasteiger partial charge in [-0.25, -0.2) is 4.79 Å². The first-order chi connectivity index (χ1) is 13.0. The second kappa shape index (κ2) is 9.11. The predicted molar refractivity (Wildman–Crippen MR) is 107 cm³/mol. The van der Waals surface area contributed by atoms with Crippen molar-refractivity contribution >= 4 is 35.1 Å². The Morgan fingerprint density at radius 2 is 1.59 bits per heavy atom. The highest BCUT2D eigenvalue weighted by Crippen LogP contribution is 2.14. The molecule has 2 aromatic rings. The molecule has 3 amide bonds. The van der Waals surface area contributed by atoms with Gasteiger partial charge in [-0.2, -0.15) is 0 Å². The Hall–Kier alpha value is -2.24. The lowest BCUT2D eigenvalue weighted by atomic mass is 10.2. The molecule has 1 heterocycles. The largest absolute Gasteiger partial charge is 0.337 e. The van der Waals surface area contributed by atoms with Crippen LogP contribution in [0, 0.1) is 0 Å². The second-order valence-corrected chi connectivity index (χ2v) is 7.30. The Bertz CT molecular complexity index is 811. The molecule has 1 saturated heterocycles. The molecule has 2 aromatic carbocycles. The molecule has 142 valence electrons. The number of carbonyl (C=O) groups excluding carboxylic acids is 2. The number of nitrogens with one attached hydrogen (secondary N) is 1. The molecule has 3 rings (SSSR count). The van der Waals surface area contributed by atoms with Crippen molar-refractivity contribution in [2.45, 2.75) is 13.0 Å². The molecule has 5 nitrogen and oxygen atoms in total. The van der Waals surface area contributed by atoms with Gasteiger partial charge >= 0.3 is 6.03 Å². The van der Waals surface area contributed by atoms with Crippen LogP contribution in [0.4, 0.5) is 4.79 Å². The summed E-state index contributed by atoms with van der Waals surface area (Å²) in [5.74, 6) is -0.0344. The van der Waals surface area contributed by atoms with E-state index >= 15 is 0 Å². The fourth-order valence-electron chi connectivity index (χ4n) is 3.04. The topological polar surface area (TPSA) is 52.7 Å². The number of amides is 3. The van der Waals surface area contributed by atoms with Crippen molar-refractivity contribution in [3.8, 4) is 0 Å². The molecule has 0 unspecified atom stereocenters. The second-order valence-electron chi connectivity index (χ2n) is 6.43. The zero-order chi connectivity index (χ0) is 19.2. The molecule has 1 aliphatic rings. The average molecular weight is 406 g/mol. The van der Waals surface area contributed by atoms with Gasteiger partial charge < -0.3 is 15.1 Å². The fourth-order valence-corrected chi connectivity index (χ4v) is 3.37. The summed E-state index contributed by atoms with van der Waals surface area (Å²) < 4.78 is 0. The number of benzene rings is 2. The van der Waals surface area contributed by atoms with Crippen molar-refractivity contribution in [1.29, 1.82) is 0 Å². The molecule has 1 fully saturated rings. The molecule has 0 aromatic heterocycles. The summed E-state index contributed by atoms with van der Waals surface area (Å²) in [7, 11) is 0. The standard InChI is InChI=1S/C20H21Cl2N3O2/c21-17-7-5-16(6-8-17)19(26)24-9-2-10-25(12-11-24)20(27)23-14-15-3-1-4-18(22)13-15/h1,3-8,13H,2,9-12,14H2,(H,23,27). The van der Waals surface area contributed by atoms with Crippen LogP contribution in [-0.4, -0.2) is 47.9 Å². The molecule has 1 aliphatic heterocycles. The highest BCUT2D eigenvalue weighted by molar-refractivity contribution is 6.30. The van der Waals surface area contributed by atoms with E-state index in [9.17, 15) is 9.59 Å². The number of nitrogens with zero attached hydrogens (tertiary/aromatic N) is 2. The number of rotatable bonds is 3. The molecule has 0 bridgehead atoms. The molecule has 7 heteroatoms. The lowest BCUT2D eigenvalue weighted by molar-refractivity contribution is 0.0762. The van der Waals surface area contributed by atoms with Gasteiger partial charge in [-0.05, 0) is 48.4 Å². The van der Waals surface area contributed by atoms with Gasteiger partial charge in [0.05, 0.1) is 0 Å². The summed E-state index contributed by atoms with van der Waals surface area (Å²) in [5.41, 5.74) is 1.56. The SMILES string of the molecule is O=C(NCc1cccc(Cl)c1)N1CCCN(C(=O)c2ccc(Cl)cc2)CC1. The van der Waals surface area contributed by atoms with Crippen LogP contribution in [0.15, 0.2) is 48.5 Å². The highest BCUT2D eigenvalue weighted by atomic mass is 35.5. The first-order valence-electron chi connectivity index (χ1n) is 8.85. The zero-order valence-electron chi connectivity index (χ0n) is 14.8. The minimum absolute atomic E-state index is 0.0344. The Morgan fingerprint density at radius 1 is 0.889 bits per heavy atom. The number of hydrogen-bond acceptors (Lipinski definition) is 2. The molecule has 0 radical (unpaired) electrons. The van der Waals surface area contributed by atoms with Gasteiger partial charge in [0, 0.05) is 48.3 Å². The highest BCUT2D eigenvalue weighted by Gasteiger charge is 2.22. The number of urea groups is 1. The average Bonchev–Trinajstić information content (AvgIpc) is 2.92. The van der Waals surface area contributed by atoms with Crippen molar-refractivity contribution in [1.82, 2.24) is 15.1 Å². The zero-order valence-corrected chi connectivity index (χ0v) is 16.3. The van der Waals surface area contributed by atoms with E-state index in [1.165, 1.54) is 0 Å². The summed E-state index contributed by atoms with van der Waals surface area (Å²) in [6, 6.07) is 14.2. The normalized spacial score (nSPS) is 14.6. The van der Waals surface area contributed by atoms with E-state index in [2.05, 4.69) is 5.32 Å². The number of halogens is 2. The van der Waals surface area contributed by atoms with Gasteiger partial charge in [-0.3, -0.25) is 4.79 Å². The Morgan fingerprint density at radius 3 is 2.33 bits per heavy atom. The van der Waals surface area contributed by atoms with Crippen LogP contribution in [0.25, 0.3) is 0 Å². The van der Waals surface area contributed by atoms with E-state index < -0.39 is 0 Å². The van der Waals surface area contributed by atoms with E-state index in [-0.39, 0.29) is 11.9 Å². The smallest absolute Gasteiger partial charge is 0.317 e. The lowest BCUT2D eigenvalue weighted by Gasteiger charge is -2.22. The minimum Gasteiger partial charge on any atom is -0.337 e. The number of hydrogen-bond donors (Lipinski definition) is 1. The Labute approximate surface area is 168 Å². The molecule has 0 spiro atoms. The van der Waals surface area contributed by atoms with Crippen LogP contribution in [0.5, 0.6) is 0 Å². The van der Waals surface area contributed by atoms with Crippen LogP contribution in [0.1, 0.15) is 22.3 Å². The molecule has 1 N–H and O–H groups in total. The van der Waals surface area contributed by atoms with Crippen molar-refractivity contribution in [2.75, 3.05) is 26.2 Å². The molecule has 0 atom stereocenters. The van der Waals surface area contributed by atoms with E-state index in [1.54, 1.807) is 40.1 Å². The van der Waals surface area contributed by atoms with Crippen molar-refractivity contribution in [2.24, 2.45) is 0 Å². The maximum atomic E-state index is 12.6. The molecule has 27 heavy (non-hydrogen) atoms. The summed E-state index contributed by atoms with van der Waals surface area (Å²) in [5, 5.41) is 4.16. The third kappa shape index (κ3) is 5.37. The first kappa shape index (κ1) is 19.5. The number of carbonyl (C=O) groups is 2. The molecular formula is C20H21Cl2N3O2. The predicted octanol–water partition coefficient (Wildman–Crippen LogP) is 4.05. The Kier molecular flexibility index (Phi) is 6.58. The third-order valence-corrected chi connectivity index (χ3v) is 4.98. The minimum atomic E-state index is -0.129. The summed E-state index contributed by atoms with van der Waals surface area (Å²) in [4.78, 5) is 28.6. The van der Waals surface area contributed by atoms with Crippen LogP contribution in [0.2, 0.25) is 10.0 Å². The Balaban J connectivity index is 1.53. The summed E-state index contributed by atoms with van der Waals surface area (Å²) in [6.07, 6.45) is 0.740. The third-order valence-electron chi connectivity index (χ3n) is 4.49. The van der Waals surface area contributed by atoms with Crippen molar-refractivity contribution < 1.29 is 9.59 Å². The van der Waals surface area contributed by atoms with Crippen LogP contribution < -0.4 is 5.32 Å². The van der Waals surface area contributed by atoms with Crippen LogP contribution in [0.3, 0.4) is 0 Å². The first-order valence-corrected chi connectivity index (χ1v) is 9.60. The van der Waals surface area contributed by atoms with Gasteiger partial charge in [0.25, 0.3) is 5.91 Å². The van der Waals surface area contributed by atoms with Crippen molar-refractivity contribution in [3.05, 3.63) is 69.7 Å². The van der Waals surface area contributed by atoms with E-state index in [4.69, 9.17) is 23.2 Å². The molecular weight excluding hydrogens is 385 g/mol. The monoisotopic (exact) mass is 405 g/mol. The van der Waals surface area contributed by atoms with Crippen molar-refractivity contribution in [3.63, 3.8) is 0 Å².